The second-order valence-electron chi connectivity index (χ2n) is 7.48. The smallest absolute Gasteiger partial charge is 0.856 e. The van der Waals surface area contributed by atoms with Gasteiger partial charge in [-0.3, -0.25) is 20.0 Å². The molecule has 2 aromatic heterocycles. The summed E-state index contributed by atoms with van der Waals surface area (Å²) in [6.07, 6.45) is 8.99. The van der Waals surface area contributed by atoms with E-state index in [9.17, 15) is 20.4 Å². The van der Waals surface area contributed by atoms with Gasteiger partial charge in [-0.2, -0.15) is 0 Å². The van der Waals surface area contributed by atoms with E-state index in [4.69, 9.17) is 0 Å². The molecule has 240 valence electrons. The Bertz CT molecular complexity index is 1110. The molecule has 18 heteroatoms. The van der Waals surface area contributed by atoms with Crippen LogP contribution < -0.4 is 20.4 Å². The average molecular weight is 682 g/mol. The third-order valence-corrected chi connectivity index (χ3v) is 4.51. The molecular formula is C24H36N8Ni2O8. The quantitative estimate of drug-likeness (QED) is 0.0699. The van der Waals surface area contributed by atoms with Crippen LogP contribution in [0.3, 0.4) is 0 Å². The Hall–Kier alpha value is -3.71. The summed E-state index contributed by atoms with van der Waals surface area (Å²) >= 11 is 0. The van der Waals surface area contributed by atoms with Crippen molar-refractivity contribution < 1.29 is 73.8 Å². The standard InChI is InChI=1S/2C12H18N4O3.2Ni.2H2O/c2*1-9(8-10(17)19-3)13-4-5-15-12(18)11-14-6-7-16(11)2;;;;/h2*6-8,17H,4-5H2,1-3H3,(H,15,18);;;2*1H2/q;;2*+2;;/p-4/b2*10-8+,13-9?;;;;. The van der Waals surface area contributed by atoms with Crippen molar-refractivity contribution in [2.75, 3.05) is 40.4 Å². The van der Waals surface area contributed by atoms with Gasteiger partial charge in [-0.05, 0) is 40.2 Å². The molecule has 0 unspecified atom stereocenters. The summed E-state index contributed by atoms with van der Waals surface area (Å²) in [6.45, 7) is 4.51. The van der Waals surface area contributed by atoms with Crippen molar-refractivity contribution in [1.82, 2.24) is 19.1 Å². The van der Waals surface area contributed by atoms with Crippen molar-refractivity contribution in [2.45, 2.75) is 13.8 Å². The van der Waals surface area contributed by atoms with Gasteiger partial charge in [-0.1, -0.05) is 0 Å². The van der Waals surface area contributed by atoms with Crippen LogP contribution in [-0.4, -0.2) is 93.7 Å². The van der Waals surface area contributed by atoms with Gasteiger partial charge < -0.3 is 50.0 Å². The predicted octanol–water partition coefficient (Wildman–Crippen LogP) is -3.98. The van der Waals surface area contributed by atoms with Gasteiger partial charge in [-0.25, -0.2) is 9.97 Å². The van der Waals surface area contributed by atoms with Gasteiger partial charge in [0.25, 0.3) is 0 Å². The number of imidazole rings is 2. The predicted molar refractivity (Wildman–Crippen MR) is 143 cm³/mol. The molecule has 0 bridgehead atoms. The molecule has 0 aliphatic heterocycles. The molecule has 0 atom stereocenters. The van der Waals surface area contributed by atoms with Gasteiger partial charge in [0.15, 0.2) is 0 Å². The van der Waals surface area contributed by atoms with Crippen LogP contribution in [0, 0.1) is 0 Å². The maximum atomic E-state index is 11.6. The molecule has 2 aromatic rings. The van der Waals surface area contributed by atoms with Crippen LogP contribution in [-0.2, 0) is 56.6 Å². The summed E-state index contributed by atoms with van der Waals surface area (Å²) in [5.74, 6) is -1.08. The minimum absolute atomic E-state index is 0. The van der Waals surface area contributed by atoms with Gasteiger partial charge >= 0.3 is 33.0 Å². The number of rotatable bonds is 12. The van der Waals surface area contributed by atoms with E-state index in [0.29, 0.717) is 36.2 Å². The molecule has 0 amide bonds. The molecule has 0 saturated heterocycles. The second kappa shape index (κ2) is 25.0. The van der Waals surface area contributed by atoms with Crippen LogP contribution in [0.2, 0.25) is 0 Å². The van der Waals surface area contributed by atoms with Gasteiger partial charge in [0, 0.05) is 62.1 Å². The number of aromatic nitrogens is 4. The Morgan fingerprint density at radius 1 is 0.690 bits per heavy atom. The van der Waals surface area contributed by atoms with E-state index in [1.165, 1.54) is 38.8 Å². The molecule has 0 spiro atoms. The molecule has 0 aromatic carbocycles. The Morgan fingerprint density at radius 3 is 1.26 bits per heavy atom. The second-order valence-corrected chi connectivity index (χ2v) is 7.48. The maximum Gasteiger partial charge on any atom is 2.00 e. The van der Waals surface area contributed by atoms with Crippen molar-refractivity contribution in [1.29, 1.82) is 0 Å². The third kappa shape index (κ3) is 17.9. The van der Waals surface area contributed by atoms with Crippen LogP contribution in [0.5, 0.6) is 0 Å². The molecule has 0 aliphatic carbocycles. The van der Waals surface area contributed by atoms with E-state index in [2.05, 4.69) is 39.4 Å². The summed E-state index contributed by atoms with van der Waals surface area (Å²) in [4.78, 5) is 23.6. The number of aliphatic imine (C=N–C) groups is 4. The van der Waals surface area contributed by atoms with Crippen LogP contribution in [0.1, 0.15) is 25.5 Å². The largest absolute Gasteiger partial charge is 2.00 e. The summed E-state index contributed by atoms with van der Waals surface area (Å²) < 4.78 is 12.1. The Balaban J connectivity index is -0.000000314. The molecule has 16 nitrogen and oxygen atoms in total. The molecule has 0 saturated carbocycles. The van der Waals surface area contributed by atoms with Gasteiger partial charge in [0.05, 0.1) is 38.1 Å². The van der Waals surface area contributed by atoms with E-state index in [0.717, 1.165) is 0 Å². The number of nitrogens with zero attached hydrogens (tertiary/aromatic N) is 8. The molecule has 0 fully saturated rings. The Labute approximate surface area is 264 Å². The molecule has 2 rings (SSSR count). The van der Waals surface area contributed by atoms with E-state index in [-0.39, 0.29) is 68.8 Å². The molecular weight excluding hydrogens is 646 g/mol. The molecule has 4 N–H and O–H groups in total. The monoisotopic (exact) mass is 680 g/mol. The van der Waals surface area contributed by atoms with Crippen molar-refractivity contribution in [3.8, 4) is 0 Å². The normalized spacial score (nSPS) is 12.4. The fourth-order valence-electron chi connectivity index (χ4n) is 2.59. The van der Waals surface area contributed by atoms with Gasteiger partial charge in [0.1, 0.15) is 11.6 Å². The van der Waals surface area contributed by atoms with Crippen LogP contribution >= 0.6 is 0 Å². The summed E-state index contributed by atoms with van der Waals surface area (Å²) in [7, 11) is 6.05. The molecule has 2 heterocycles. The van der Waals surface area contributed by atoms with Crippen molar-refractivity contribution in [3.63, 3.8) is 0 Å². The zero-order chi connectivity index (χ0) is 28.5. The number of methoxy groups -OCH3 is 2. The third-order valence-electron chi connectivity index (χ3n) is 4.51. The van der Waals surface area contributed by atoms with Crippen molar-refractivity contribution in [3.05, 3.63) is 60.5 Å². The first-order valence-electron chi connectivity index (χ1n) is 11.3. The van der Waals surface area contributed by atoms with Crippen molar-refractivity contribution >= 4 is 23.2 Å². The zero-order valence-electron chi connectivity index (χ0n) is 24.0. The van der Waals surface area contributed by atoms with Gasteiger partial charge in [0.2, 0.25) is 0 Å². The van der Waals surface area contributed by atoms with E-state index in [1.54, 1.807) is 49.5 Å². The average Bonchev–Trinajstić information content (AvgIpc) is 3.52. The maximum absolute atomic E-state index is 11.6. The number of allylic oxidation sites excluding steroid dienone is 2. The first kappa shape index (κ1) is 45.3. The number of aryl methyl sites for hydroxylation is 2. The SMILES string of the molecule is CO/C([O-])=C/C(C)=NCCN=C([O-])c1nccn1C.CO/C([O-])=C/C(C)=NCCN=C([O-])c1nccn1C.O.O.[Ni+2].[Ni+2]. The number of hydrogen-bond donors (Lipinski definition) is 0. The molecule has 0 aliphatic rings. The summed E-state index contributed by atoms with van der Waals surface area (Å²) in [5, 5.41) is 45.0. The van der Waals surface area contributed by atoms with Crippen LogP contribution in [0.4, 0.5) is 0 Å². The summed E-state index contributed by atoms with van der Waals surface area (Å²) in [5.41, 5.74) is 1.07. The van der Waals surface area contributed by atoms with E-state index in [1.807, 2.05) is 0 Å². The Morgan fingerprint density at radius 2 is 1.00 bits per heavy atom. The Kier molecular flexibility index (Phi) is 27.0. The van der Waals surface area contributed by atoms with Gasteiger partial charge in [-0.15, -0.1) is 0 Å². The zero-order valence-corrected chi connectivity index (χ0v) is 25.9. The number of ether oxygens (including phenoxy) is 2. The number of hydrogen-bond acceptors (Lipinski definition) is 12. The van der Waals surface area contributed by atoms with Crippen LogP contribution in [0.15, 0.2) is 68.8 Å². The molecule has 42 heavy (non-hydrogen) atoms. The van der Waals surface area contributed by atoms with Crippen LogP contribution in [0.25, 0.3) is 0 Å². The van der Waals surface area contributed by atoms with E-state index >= 15 is 0 Å². The fourth-order valence-corrected chi connectivity index (χ4v) is 2.59. The minimum atomic E-state index is -0.456. The molecule has 0 radical (unpaired) electrons. The first-order chi connectivity index (χ1) is 18.1. The van der Waals surface area contributed by atoms with Crippen molar-refractivity contribution in [2.24, 2.45) is 34.1 Å². The van der Waals surface area contributed by atoms with E-state index < -0.39 is 11.9 Å². The fraction of sp³-hybridized carbons (Fsp3) is 0.417. The first-order valence-corrected chi connectivity index (χ1v) is 11.3. The summed E-state index contributed by atoms with van der Waals surface area (Å²) in [6, 6.07) is 0. The minimum Gasteiger partial charge on any atom is -0.856 e. The topological polar surface area (TPSA) is 259 Å².